The molecule has 0 aliphatic rings. The number of carbonyl (C=O) groups excluding carboxylic acids is 1. The molecule has 0 aliphatic heterocycles. The van der Waals surface area contributed by atoms with Crippen LogP contribution in [0.15, 0.2) is 35.3 Å². The Labute approximate surface area is 174 Å². The summed E-state index contributed by atoms with van der Waals surface area (Å²) in [5.74, 6) is -14.1. The Kier molecular flexibility index (Phi) is 7.78. The molecule has 0 N–H and O–H groups in total. The third-order valence-corrected chi connectivity index (χ3v) is 4.81. The van der Waals surface area contributed by atoms with E-state index in [0.717, 1.165) is 0 Å². The highest BCUT2D eigenvalue weighted by atomic mass is 31.2. The normalized spacial score (nSPS) is 14.4. The van der Waals surface area contributed by atoms with Crippen LogP contribution in [0.25, 0.3) is 0 Å². The van der Waals surface area contributed by atoms with Gasteiger partial charge in [-0.05, 0) is 32.9 Å². The van der Waals surface area contributed by atoms with Gasteiger partial charge in [-0.2, -0.15) is 8.78 Å². The fourth-order valence-electron chi connectivity index (χ4n) is 2.06. The molecule has 0 saturated carbocycles. The van der Waals surface area contributed by atoms with Crippen LogP contribution in [-0.4, -0.2) is 24.1 Å². The van der Waals surface area contributed by atoms with E-state index in [1.165, 1.54) is 31.2 Å². The number of rotatable bonds is 8. The lowest BCUT2D eigenvalue weighted by Gasteiger charge is -2.18. The SMILES string of the molecule is CC(C)OC(=O)[C@H](C)/N=C/P(=O)(Oc1ccccc1)Oc1c(F)c(F)c(F)c(F)c1F. The third-order valence-electron chi connectivity index (χ3n) is 3.49. The highest BCUT2D eigenvalue weighted by Gasteiger charge is 2.35. The van der Waals surface area contributed by atoms with Crippen molar-refractivity contribution in [2.75, 3.05) is 0 Å². The Hall–Kier alpha value is -2.94. The summed E-state index contributed by atoms with van der Waals surface area (Å²) < 4.78 is 96.0. The van der Waals surface area contributed by atoms with Crippen LogP contribution < -0.4 is 9.05 Å². The Bertz CT molecular complexity index is 1000. The van der Waals surface area contributed by atoms with Crippen LogP contribution in [0.5, 0.6) is 11.5 Å². The lowest BCUT2D eigenvalue weighted by atomic mass is 10.3. The van der Waals surface area contributed by atoms with Crippen molar-refractivity contribution in [1.29, 1.82) is 0 Å². The average Bonchev–Trinajstić information content (AvgIpc) is 2.72. The molecule has 31 heavy (non-hydrogen) atoms. The van der Waals surface area contributed by atoms with Gasteiger partial charge in [-0.15, -0.1) is 0 Å². The number of benzene rings is 2. The molecule has 6 nitrogen and oxygen atoms in total. The van der Waals surface area contributed by atoms with Crippen LogP contribution in [0.2, 0.25) is 0 Å². The quantitative estimate of drug-likeness (QED) is 0.130. The van der Waals surface area contributed by atoms with Gasteiger partial charge in [0, 0.05) is 0 Å². The van der Waals surface area contributed by atoms with Crippen molar-refractivity contribution in [2.24, 2.45) is 4.99 Å². The smallest absolute Gasteiger partial charge is 0.461 e. The van der Waals surface area contributed by atoms with Crippen molar-refractivity contribution in [1.82, 2.24) is 0 Å². The standard InChI is InChI=1S/C19H17F5NO5P/c1-10(2)28-19(26)11(3)25-9-31(27,29-12-7-5-4-6-8-12)30-18-16(23)14(21)13(20)15(22)17(18)24/h4-11H,1-3H3/b25-9+/t11-,31?/m0/s1. The minimum atomic E-state index is -4.83. The van der Waals surface area contributed by atoms with Gasteiger partial charge in [-0.25, -0.2) is 22.5 Å². The van der Waals surface area contributed by atoms with Gasteiger partial charge in [0.2, 0.25) is 34.8 Å². The van der Waals surface area contributed by atoms with Crippen LogP contribution in [0.4, 0.5) is 22.0 Å². The van der Waals surface area contributed by atoms with Gasteiger partial charge in [-0.1, -0.05) is 18.2 Å². The van der Waals surface area contributed by atoms with Gasteiger partial charge >= 0.3 is 13.6 Å². The first-order chi connectivity index (χ1) is 14.4. The summed E-state index contributed by atoms with van der Waals surface area (Å²) in [6.45, 7) is 4.40. The molecule has 1 unspecified atom stereocenters. The summed E-state index contributed by atoms with van der Waals surface area (Å²) in [7, 11) is -4.83. The zero-order valence-electron chi connectivity index (χ0n) is 16.4. The number of carbonyl (C=O) groups is 1. The van der Waals surface area contributed by atoms with E-state index in [2.05, 4.69) is 9.52 Å². The second-order valence-corrected chi connectivity index (χ2v) is 8.04. The number of nitrogens with zero attached hydrogens (tertiary/aromatic N) is 1. The van der Waals surface area contributed by atoms with E-state index >= 15 is 0 Å². The number of hydrogen-bond donors (Lipinski definition) is 0. The molecule has 12 heteroatoms. The average molecular weight is 465 g/mol. The van der Waals surface area contributed by atoms with E-state index in [4.69, 9.17) is 9.26 Å². The molecule has 2 atom stereocenters. The molecule has 2 rings (SSSR count). The van der Waals surface area contributed by atoms with Crippen LogP contribution in [0, 0.1) is 29.1 Å². The van der Waals surface area contributed by atoms with E-state index in [1.807, 2.05) is 0 Å². The van der Waals surface area contributed by atoms with Crippen LogP contribution in [-0.2, 0) is 14.1 Å². The van der Waals surface area contributed by atoms with Crippen molar-refractivity contribution in [2.45, 2.75) is 32.9 Å². The van der Waals surface area contributed by atoms with Gasteiger partial charge in [0.05, 0.1) is 6.10 Å². The zero-order chi connectivity index (χ0) is 23.3. The molecule has 2 aromatic rings. The van der Waals surface area contributed by atoms with E-state index in [0.29, 0.717) is 5.96 Å². The molecular weight excluding hydrogens is 448 g/mol. The Morgan fingerprint density at radius 3 is 1.94 bits per heavy atom. The van der Waals surface area contributed by atoms with Gasteiger partial charge in [0.1, 0.15) is 17.7 Å². The summed E-state index contributed by atoms with van der Waals surface area (Å²) in [6.07, 6.45) is -0.484. The van der Waals surface area contributed by atoms with E-state index in [9.17, 15) is 31.3 Å². The number of esters is 1. The summed E-state index contributed by atoms with van der Waals surface area (Å²) >= 11 is 0. The van der Waals surface area contributed by atoms with E-state index in [1.54, 1.807) is 19.9 Å². The molecule has 0 radical (unpaired) electrons. The first kappa shape index (κ1) is 24.3. The maximum absolute atomic E-state index is 14.0. The lowest BCUT2D eigenvalue weighted by Crippen LogP contribution is -2.22. The molecule has 0 heterocycles. The molecule has 0 spiro atoms. The predicted octanol–water partition coefficient (Wildman–Crippen LogP) is 5.40. The molecule has 0 aliphatic carbocycles. The third kappa shape index (κ3) is 6.04. The van der Waals surface area contributed by atoms with Gasteiger partial charge in [0.25, 0.3) is 0 Å². The second kappa shape index (κ2) is 9.91. The van der Waals surface area contributed by atoms with Crippen molar-refractivity contribution >= 4 is 19.5 Å². The number of halogens is 5. The first-order valence-electron chi connectivity index (χ1n) is 8.75. The Morgan fingerprint density at radius 1 is 0.903 bits per heavy atom. The predicted molar refractivity (Wildman–Crippen MR) is 101 cm³/mol. The largest absolute Gasteiger partial charge is 0.473 e. The summed E-state index contributed by atoms with van der Waals surface area (Å²) in [5.41, 5.74) is 0. The maximum Gasteiger partial charge on any atom is 0.473 e. The van der Waals surface area contributed by atoms with Crippen molar-refractivity contribution in [3.63, 3.8) is 0 Å². The highest BCUT2D eigenvalue weighted by molar-refractivity contribution is 7.70. The summed E-state index contributed by atoms with van der Waals surface area (Å²) in [4.78, 5) is 15.5. The van der Waals surface area contributed by atoms with E-state index in [-0.39, 0.29) is 5.75 Å². The summed E-state index contributed by atoms with van der Waals surface area (Å²) in [6, 6.07) is 5.82. The number of hydrogen-bond acceptors (Lipinski definition) is 6. The van der Waals surface area contributed by atoms with E-state index < -0.39 is 60.5 Å². The number of para-hydroxylation sites is 1. The lowest BCUT2D eigenvalue weighted by molar-refractivity contribution is -0.148. The summed E-state index contributed by atoms with van der Waals surface area (Å²) in [5, 5.41) is 0. The molecule has 0 aromatic heterocycles. The van der Waals surface area contributed by atoms with Gasteiger partial charge in [-0.3, -0.25) is 4.99 Å². The van der Waals surface area contributed by atoms with Crippen molar-refractivity contribution < 1.29 is 45.1 Å². The molecule has 0 fully saturated rings. The second-order valence-electron chi connectivity index (χ2n) is 6.36. The fraction of sp³-hybridized carbons (Fsp3) is 0.263. The molecule has 2 aromatic carbocycles. The van der Waals surface area contributed by atoms with Crippen LogP contribution in [0.3, 0.4) is 0 Å². The molecule has 0 amide bonds. The Morgan fingerprint density at radius 2 is 1.42 bits per heavy atom. The first-order valence-corrected chi connectivity index (χ1v) is 10.4. The fourth-order valence-corrected chi connectivity index (χ4v) is 3.38. The molecule has 0 saturated heterocycles. The highest BCUT2D eigenvalue weighted by Crippen LogP contribution is 2.48. The molecule has 0 bridgehead atoms. The van der Waals surface area contributed by atoms with Crippen LogP contribution >= 0.6 is 7.60 Å². The van der Waals surface area contributed by atoms with Gasteiger partial charge < -0.3 is 13.8 Å². The van der Waals surface area contributed by atoms with Crippen molar-refractivity contribution in [3.8, 4) is 11.5 Å². The minimum absolute atomic E-state index is 0.126. The number of aliphatic imine (C=N–C) groups is 1. The minimum Gasteiger partial charge on any atom is -0.461 e. The zero-order valence-corrected chi connectivity index (χ0v) is 17.3. The molecular formula is C19H17F5NO5P. The molecule has 168 valence electrons. The Balaban J connectivity index is 2.46. The van der Waals surface area contributed by atoms with Crippen LogP contribution in [0.1, 0.15) is 20.8 Å². The topological polar surface area (TPSA) is 74.2 Å². The monoisotopic (exact) mass is 465 g/mol. The van der Waals surface area contributed by atoms with Gasteiger partial charge in [0.15, 0.2) is 0 Å². The van der Waals surface area contributed by atoms with Crippen molar-refractivity contribution in [3.05, 3.63) is 59.4 Å². The maximum atomic E-state index is 14.0. The number of ether oxygens (including phenoxy) is 1.